The zero-order chi connectivity index (χ0) is 13.7. The Bertz CT molecular complexity index is 416. The molecule has 0 aliphatic rings. The normalized spacial score (nSPS) is 10.5. The van der Waals surface area contributed by atoms with Gasteiger partial charge in [-0.25, -0.2) is 0 Å². The number of nitrogens with two attached hydrogens (primary N) is 1. The molecule has 0 unspecified atom stereocenters. The fourth-order valence-electron chi connectivity index (χ4n) is 1.84. The van der Waals surface area contributed by atoms with Crippen molar-refractivity contribution in [3.8, 4) is 0 Å². The fourth-order valence-corrected chi connectivity index (χ4v) is 1.84. The van der Waals surface area contributed by atoms with Crippen LogP contribution in [0.25, 0.3) is 0 Å². The second-order valence-electron chi connectivity index (χ2n) is 4.80. The molecule has 1 aromatic carbocycles. The molecule has 0 atom stereocenters. The molecule has 0 aliphatic carbocycles. The predicted octanol–water partition coefficient (Wildman–Crippen LogP) is 1.93. The lowest BCUT2D eigenvalue weighted by atomic mass is 10.1. The molecule has 0 fully saturated rings. The van der Waals surface area contributed by atoms with Crippen molar-refractivity contribution in [2.75, 3.05) is 23.7 Å². The Balaban J connectivity index is 2.83. The molecule has 0 aliphatic heterocycles. The number of hydrogen-bond acceptors (Lipinski definition) is 3. The van der Waals surface area contributed by atoms with Crippen molar-refractivity contribution < 1.29 is 4.79 Å². The van der Waals surface area contributed by atoms with Gasteiger partial charge < -0.3 is 16.0 Å². The first-order chi connectivity index (χ1) is 8.43. The van der Waals surface area contributed by atoms with Crippen molar-refractivity contribution >= 4 is 17.3 Å². The standard InChI is InChI=1S/C14H23N3O/c1-5-17(9-14(18)16-10(2)3)13-8-11(4)6-7-12(13)15/h6-8,10H,5,9,15H2,1-4H3,(H,16,18). The lowest BCUT2D eigenvalue weighted by molar-refractivity contribution is -0.120. The molecular weight excluding hydrogens is 226 g/mol. The van der Waals surface area contributed by atoms with E-state index in [1.807, 2.05) is 50.8 Å². The molecule has 0 saturated heterocycles. The van der Waals surface area contributed by atoms with Crippen molar-refractivity contribution in [3.63, 3.8) is 0 Å². The largest absolute Gasteiger partial charge is 0.397 e. The van der Waals surface area contributed by atoms with Crippen LogP contribution >= 0.6 is 0 Å². The molecule has 0 radical (unpaired) electrons. The lowest BCUT2D eigenvalue weighted by Gasteiger charge is -2.25. The summed E-state index contributed by atoms with van der Waals surface area (Å²) in [6.45, 7) is 9.03. The van der Waals surface area contributed by atoms with Crippen LogP contribution in [-0.2, 0) is 4.79 Å². The first-order valence-electron chi connectivity index (χ1n) is 6.34. The van der Waals surface area contributed by atoms with Gasteiger partial charge in [-0.1, -0.05) is 6.07 Å². The Hall–Kier alpha value is -1.71. The van der Waals surface area contributed by atoms with E-state index in [0.29, 0.717) is 12.2 Å². The maximum absolute atomic E-state index is 11.8. The maximum Gasteiger partial charge on any atom is 0.239 e. The van der Waals surface area contributed by atoms with Crippen LogP contribution in [0, 0.1) is 6.92 Å². The average Bonchev–Trinajstić information content (AvgIpc) is 2.28. The highest BCUT2D eigenvalue weighted by atomic mass is 16.2. The van der Waals surface area contributed by atoms with E-state index in [2.05, 4.69) is 5.32 Å². The highest BCUT2D eigenvalue weighted by Crippen LogP contribution is 2.24. The predicted molar refractivity (Wildman–Crippen MR) is 76.8 cm³/mol. The summed E-state index contributed by atoms with van der Waals surface area (Å²) in [5, 5.41) is 2.89. The first kappa shape index (κ1) is 14.4. The van der Waals surface area contributed by atoms with E-state index in [9.17, 15) is 4.79 Å². The lowest BCUT2D eigenvalue weighted by Crippen LogP contribution is -2.40. The molecule has 4 nitrogen and oxygen atoms in total. The SMILES string of the molecule is CCN(CC(=O)NC(C)C)c1cc(C)ccc1N. The number of hydrogen-bond donors (Lipinski definition) is 2. The van der Waals surface area contributed by atoms with Crippen molar-refractivity contribution in [1.29, 1.82) is 0 Å². The number of aryl methyl sites for hydroxylation is 1. The van der Waals surface area contributed by atoms with Gasteiger partial charge in [0.05, 0.1) is 17.9 Å². The van der Waals surface area contributed by atoms with Gasteiger partial charge >= 0.3 is 0 Å². The van der Waals surface area contributed by atoms with Gasteiger partial charge in [0.2, 0.25) is 5.91 Å². The van der Waals surface area contributed by atoms with Crippen molar-refractivity contribution in [2.45, 2.75) is 33.7 Å². The molecule has 1 amide bonds. The molecule has 0 heterocycles. The topological polar surface area (TPSA) is 58.4 Å². The van der Waals surface area contributed by atoms with Gasteiger partial charge in [0, 0.05) is 12.6 Å². The minimum Gasteiger partial charge on any atom is -0.397 e. The number of carbonyl (C=O) groups excluding carboxylic acids is 1. The summed E-state index contributed by atoms with van der Waals surface area (Å²) in [4.78, 5) is 13.8. The second kappa shape index (κ2) is 6.28. The quantitative estimate of drug-likeness (QED) is 0.784. The zero-order valence-electron chi connectivity index (χ0n) is 11.7. The average molecular weight is 249 g/mol. The number of nitrogen functional groups attached to an aromatic ring is 1. The summed E-state index contributed by atoms with van der Waals surface area (Å²) < 4.78 is 0. The van der Waals surface area contributed by atoms with E-state index in [4.69, 9.17) is 5.73 Å². The highest BCUT2D eigenvalue weighted by Gasteiger charge is 2.13. The van der Waals surface area contributed by atoms with E-state index in [0.717, 1.165) is 17.8 Å². The number of nitrogens with zero attached hydrogens (tertiary/aromatic N) is 1. The van der Waals surface area contributed by atoms with Crippen molar-refractivity contribution in [1.82, 2.24) is 5.32 Å². The Morgan fingerprint density at radius 1 is 1.44 bits per heavy atom. The van der Waals surface area contributed by atoms with E-state index < -0.39 is 0 Å². The summed E-state index contributed by atoms with van der Waals surface area (Å²) in [6.07, 6.45) is 0. The number of nitrogens with one attached hydrogen (secondary N) is 1. The number of carbonyl (C=O) groups is 1. The van der Waals surface area contributed by atoms with E-state index in [-0.39, 0.29) is 11.9 Å². The zero-order valence-corrected chi connectivity index (χ0v) is 11.7. The number of amides is 1. The molecule has 4 heteroatoms. The maximum atomic E-state index is 11.8. The molecular formula is C14H23N3O. The van der Waals surface area contributed by atoms with E-state index in [1.54, 1.807) is 0 Å². The molecule has 0 aromatic heterocycles. The monoisotopic (exact) mass is 249 g/mol. The smallest absolute Gasteiger partial charge is 0.239 e. The van der Waals surface area contributed by atoms with Crippen LogP contribution in [0.3, 0.4) is 0 Å². The Morgan fingerprint density at radius 2 is 2.11 bits per heavy atom. The summed E-state index contributed by atoms with van der Waals surface area (Å²) in [5.74, 6) is 0.0211. The molecule has 0 bridgehead atoms. The van der Waals surface area contributed by atoms with Crippen LogP contribution < -0.4 is 16.0 Å². The van der Waals surface area contributed by atoms with E-state index in [1.165, 1.54) is 0 Å². The Morgan fingerprint density at radius 3 is 2.67 bits per heavy atom. The van der Waals surface area contributed by atoms with Crippen LogP contribution in [0.1, 0.15) is 26.3 Å². The van der Waals surface area contributed by atoms with Crippen LogP contribution in [0.5, 0.6) is 0 Å². The summed E-state index contributed by atoms with van der Waals surface area (Å²) in [6, 6.07) is 6.03. The van der Waals surface area contributed by atoms with Crippen LogP contribution in [0.4, 0.5) is 11.4 Å². The van der Waals surface area contributed by atoms with Gasteiger partial charge in [0.15, 0.2) is 0 Å². The van der Waals surface area contributed by atoms with Crippen LogP contribution in [0.2, 0.25) is 0 Å². The number of benzene rings is 1. The van der Waals surface area contributed by atoms with Crippen LogP contribution in [-0.4, -0.2) is 25.0 Å². The van der Waals surface area contributed by atoms with Gasteiger partial charge in [0.25, 0.3) is 0 Å². The Kier molecular flexibility index (Phi) is 5.01. The third kappa shape index (κ3) is 3.95. The highest BCUT2D eigenvalue weighted by molar-refractivity contribution is 5.83. The Labute approximate surface area is 109 Å². The summed E-state index contributed by atoms with van der Waals surface area (Å²) >= 11 is 0. The second-order valence-corrected chi connectivity index (χ2v) is 4.80. The molecule has 0 spiro atoms. The van der Waals surface area contributed by atoms with E-state index >= 15 is 0 Å². The number of rotatable bonds is 5. The van der Waals surface area contributed by atoms with Crippen molar-refractivity contribution in [2.24, 2.45) is 0 Å². The van der Waals surface area contributed by atoms with Gasteiger partial charge in [-0.15, -0.1) is 0 Å². The first-order valence-corrected chi connectivity index (χ1v) is 6.34. The van der Waals surface area contributed by atoms with Gasteiger partial charge in [-0.3, -0.25) is 4.79 Å². The van der Waals surface area contributed by atoms with Crippen LogP contribution in [0.15, 0.2) is 18.2 Å². The van der Waals surface area contributed by atoms with Gasteiger partial charge in [0.1, 0.15) is 0 Å². The van der Waals surface area contributed by atoms with Crippen molar-refractivity contribution in [3.05, 3.63) is 23.8 Å². The molecule has 100 valence electrons. The van der Waals surface area contributed by atoms with Gasteiger partial charge in [-0.05, 0) is 45.4 Å². The summed E-state index contributed by atoms with van der Waals surface area (Å²) in [5.41, 5.74) is 8.75. The summed E-state index contributed by atoms with van der Waals surface area (Å²) in [7, 11) is 0. The molecule has 0 saturated carbocycles. The fraction of sp³-hybridized carbons (Fsp3) is 0.500. The molecule has 18 heavy (non-hydrogen) atoms. The minimum atomic E-state index is 0.0211. The third-order valence-electron chi connectivity index (χ3n) is 2.69. The number of likely N-dealkylation sites (N-methyl/N-ethyl adjacent to an activating group) is 1. The minimum absolute atomic E-state index is 0.0211. The van der Waals surface area contributed by atoms with Gasteiger partial charge in [-0.2, -0.15) is 0 Å². The molecule has 3 N–H and O–H groups in total. The third-order valence-corrected chi connectivity index (χ3v) is 2.69. The molecule has 1 aromatic rings. The number of anilines is 2. The molecule has 1 rings (SSSR count).